The molecule has 5 rings (SSSR count). The summed E-state index contributed by atoms with van der Waals surface area (Å²) in [5.74, 6) is 0.602. The molecule has 2 aromatic carbocycles. The molecule has 4 aromatic rings. The lowest BCUT2D eigenvalue weighted by atomic mass is 9.92. The zero-order chi connectivity index (χ0) is 36.4. The number of benzene rings is 2. The van der Waals surface area contributed by atoms with Gasteiger partial charge in [-0.3, -0.25) is 4.40 Å². The van der Waals surface area contributed by atoms with Crippen molar-refractivity contribution in [2.24, 2.45) is 0 Å². The second kappa shape index (κ2) is 14.8. The maximum atomic E-state index is 12.9. The number of ether oxygens (including phenoxy) is 3. The molecule has 0 spiro atoms. The van der Waals surface area contributed by atoms with Crippen LogP contribution in [0.2, 0.25) is 0 Å². The van der Waals surface area contributed by atoms with Crippen molar-refractivity contribution in [2.45, 2.75) is 98.1 Å². The Morgan fingerprint density at radius 3 is 2.34 bits per heavy atom. The van der Waals surface area contributed by atoms with Gasteiger partial charge < -0.3 is 24.2 Å². The van der Waals surface area contributed by atoms with Crippen molar-refractivity contribution in [3.63, 3.8) is 0 Å². The van der Waals surface area contributed by atoms with E-state index in [-0.39, 0.29) is 11.7 Å². The van der Waals surface area contributed by atoms with E-state index < -0.39 is 17.7 Å². The average Bonchev–Trinajstić information content (AvgIpc) is 3.48. The number of aromatic nitrogens is 2. The van der Waals surface area contributed by atoms with E-state index in [1.54, 1.807) is 6.08 Å². The zero-order valence-corrected chi connectivity index (χ0v) is 31.0. The fraction of sp³-hybridized carbons (Fsp3) is 0.429. The van der Waals surface area contributed by atoms with Crippen molar-refractivity contribution >= 4 is 17.4 Å². The fourth-order valence-corrected chi connectivity index (χ4v) is 6.67. The molecule has 8 heteroatoms. The minimum Gasteiger partial charge on any atom is -0.490 e. The number of aryl methyl sites for hydroxylation is 3. The number of carbonyl (C=O) groups is 1. The van der Waals surface area contributed by atoms with E-state index in [0.717, 1.165) is 64.4 Å². The van der Waals surface area contributed by atoms with Gasteiger partial charge in [-0.25, -0.2) is 9.78 Å². The Bertz CT molecular complexity index is 1880. The Labute approximate surface area is 297 Å². The molecule has 0 saturated carbocycles. The molecule has 50 heavy (non-hydrogen) atoms. The van der Waals surface area contributed by atoms with Crippen LogP contribution in [0.15, 0.2) is 74.0 Å². The lowest BCUT2D eigenvalue weighted by Crippen LogP contribution is -2.45. The number of hydrogen-bond acceptors (Lipinski definition) is 6. The summed E-state index contributed by atoms with van der Waals surface area (Å²) in [4.78, 5) is 20.3. The number of hydrogen-bond donors (Lipinski definition) is 1. The van der Waals surface area contributed by atoms with E-state index in [1.165, 1.54) is 11.1 Å². The van der Waals surface area contributed by atoms with Gasteiger partial charge in [-0.05, 0) is 115 Å². The largest absolute Gasteiger partial charge is 0.490 e. The van der Waals surface area contributed by atoms with Gasteiger partial charge in [0.05, 0.1) is 29.6 Å². The number of nitrogens with zero attached hydrogens (tertiary/aromatic N) is 3. The number of anilines is 1. The minimum atomic E-state index is -1.17. The number of fused-ring (bicyclic) bond motifs is 1. The van der Waals surface area contributed by atoms with E-state index in [9.17, 15) is 9.90 Å². The summed E-state index contributed by atoms with van der Waals surface area (Å²) in [5.41, 5.74) is 7.37. The molecule has 1 N–H and O–H groups in total. The second-order valence-corrected chi connectivity index (χ2v) is 14.9. The molecule has 0 radical (unpaired) electrons. The number of rotatable bonds is 13. The highest BCUT2D eigenvalue weighted by atomic mass is 16.5. The van der Waals surface area contributed by atoms with Crippen LogP contribution < -0.4 is 9.64 Å². The van der Waals surface area contributed by atoms with E-state index in [0.29, 0.717) is 25.3 Å². The normalized spacial score (nSPS) is 15.9. The van der Waals surface area contributed by atoms with Crippen molar-refractivity contribution in [2.75, 3.05) is 24.6 Å². The van der Waals surface area contributed by atoms with Gasteiger partial charge in [0.15, 0.2) is 6.10 Å². The molecule has 1 saturated heterocycles. The van der Waals surface area contributed by atoms with Crippen molar-refractivity contribution in [1.82, 2.24) is 9.38 Å². The molecule has 0 aliphatic carbocycles. The third-order valence-corrected chi connectivity index (χ3v) is 9.49. The molecule has 1 aliphatic heterocycles. The van der Waals surface area contributed by atoms with E-state index in [2.05, 4.69) is 76.1 Å². The van der Waals surface area contributed by atoms with Crippen LogP contribution in [-0.2, 0) is 14.3 Å². The minimum absolute atomic E-state index is 0.0103. The molecular weight excluding hydrogens is 626 g/mol. The summed E-state index contributed by atoms with van der Waals surface area (Å²) in [6, 6.07) is 14.6. The molecule has 2 atom stereocenters. The predicted octanol–water partition coefficient (Wildman–Crippen LogP) is 9.44. The monoisotopic (exact) mass is 679 g/mol. The lowest BCUT2D eigenvalue weighted by molar-refractivity contribution is -0.160. The smallest absolute Gasteiger partial charge is 0.337 e. The summed E-state index contributed by atoms with van der Waals surface area (Å²) in [6.45, 7) is 25.6. The first-order valence-electron chi connectivity index (χ1n) is 17.6. The number of piperidine rings is 1. The SMILES string of the molecule is C=CCOC1(C)CCN(c2c(C(OC(C)(C)C)C(=O)O)c(C)cc3nc(-c4cccc(-c5cc(C)c(C)cc5O[C@@H](C)CC=C)c4)cn23)CC1. The van der Waals surface area contributed by atoms with E-state index >= 15 is 0 Å². The number of carboxylic acid groups (broad SMARTS) is 1. The van der Waals surface area contributed by atoms with Crippen LogP contribution in [0, 0.1) is 20.8 Å². The third-order valence-electron chi connectivity index (χ3n) is 9.49. The highest BCUT2D eigenvalue weighted by Gasteiger charge is 2.37. The molecular formula is C42H53N3O5. The highest BCUT2D eigenvalue weighted by Crippen LogP contribution is 2.40. The number of aliphatic carboxylic acids is 1. The van der Waals surface area contributed by atoms with Crippen molar-refractivity contribution in [3.8, 4) is 28.1 Å². The Balaban J connectivity index is 1.64. The standard InChI is InChI=1S/C42H53N3O5/c1-11-14-30(6)49-35-23-28(4)27(3)22-33(35)31-15-13-16-32(25-31)34-26-45-36(43-34)24-29(5)37(38(40(46)47)50-41(7,8)9)39(45)44-19-17-42(10,18-20-44)48-21-12-2/h11-13,15-16,22-26,30,38H,1-2,14,17-21H2,3-10H3,(H,46,47)/t30-,38?/m0/s1. The Morgan fingerprint density at radius 1 is 1.02 bits per heavy atom. The third kappa shape index (κ3) is 8.14. The number of carboxylic acids is 1. The van der Waals surface area contributed by atoms with Crippen LogP contribution >= 0.6 is 0 Å². The Hall–Kier alpha value is -4.40. The lowest BCUT2D eigenvalue weighted by Gasteiger charge is -2.41. The van der Waals surface area contributed by atoms with Crippen LogP contribution in [0.3, 0.4) is 0 Å². The van der Waals surface area contributed by atoms with Gasteiger partial charge in [0.2, 0.25) is 0 Å². The van der Waals surface area contributed by atoms with Crippen LogP contribution in [0.4, 0.5) is 5.82 Å². The molecule has 2 aromatic heterocycles. The first kappa shape index (κ1) is 36.9. The van der Waals surface area contributed by atoms with Crippen LogP contribution in [0.5, 0.6) is 5.75 Å². The van der Waals surface area contributed by atoms with E-state index in [1.807, 2.05) is 56.5 Å². The molecule has 8 nitrogen and oxygen atoms in total. The summed E-state index contributed by atoms with van der Waals surface area (Å²) in [5, 5.41) is 10.5. The maximum absolute atomic E-state index is 12.9. The van der Waals surface area contributed by atoms with Gasteiger partial charge >= 0.3 is 5.97 Å². The number of imidazole rings is 1. The Morgan fingerprint density at radius 2 is 1.70 bits per heavy atom. The molecule has 1 unspecified atom stereocenters. The Kier molecular flexibility index (Phi) is 10.9. The summed E-state index contributed by atoms with van der Waals surface area (Å²) in [7, 11) is 0. The van der Waals surface area contributed by atoms with Crippen molar-refractivity contribution in [1.29, 1.82) is 0 Å². The van der Waals surface area contributed by atoms with Crippen LogP contribution in [0.1, 0.15) is 82.2 Å². The molecule has 1 aliphatic rings. The van der Waals surface area contributed by atoms with Gasteiger partial charge in [0.25, 0.3) is 0 Å². The van der Waals surface area contributed by atoms with Crippen LogP contribution in [0.25, 0.3) is 28.0 Å². The van der Waals surface area contributed by atoms with Crippen LogP contribution in [-0.4, -0.2) is 57.5 Å². The summed E-state index contributed by atoms with van der Waals surface area (Å²) >= 11 is 0. The van der Waals surface area contributed by atoms with Gasteiger partial charge in [-0.15, -0.1) is 13.2 Å². The van der Waals surface area contributed by atoms with E-state index in [4.69, 9.17) is 19.2 Å². The zero-order valence-electron chi connectivity index (χ0n) is 31.0. The molecule has 1 fully saturated rings. The first-order chi connectivity index (χ1) is 23.6. The fourth-order valence-electron chi connectivity index (χ4n) is 6.67. The quantitative estimate of drug-likeness (QED) is 0.141. The molecule has 0 bridgehead atoms. The van der Waals surface area contributed by atoms with Gasteiger partial charge in [-0.2, -0.15) is 0 Å². The molecule has 0 amide bonds. The van der Waals surface area contributed by atoms with Crippen molar-refractivity contribution < 1.29 is 24.1 Å². The number of pyridine rings is 1. The molecule has 3 heterocycles. The van der Waals surface area contributed by atoms with Gasteiger partial charge in [-0.1, -0.05) is 30.4 Å². The average molecular weight is 680 g/mol. The first-order valence-corrected chi connectivity index (χ1v) is 17.6. The summed E-state index contributed by atoms with van der Waals surface area (Å²) in [6.07, 6.45) is 6.81. The molecule has 266 valence electrons. The highest BCUT2D eigenvalue weighted by molar-refractivity contribution is 5.81. The van der Waals surface area contributed by atoms with Crippen molar-refractivity contribution in [3.05, 3.63) is 96.2 Å². The van der Waals surface area contributed by atoms with Gasteiger partial charge in [0, 0.05) is 42.4 Å². The maximum Gasteiger partial charge on any atom is 0.337 e. The predicted molar refractivity (Wildman–Crippen MR) is 202 cm³/mol. The second-order valence-electron chi connectivity index (χ2n) is 14.9. The van der Waals surface area contributed by atoms with Gasteiger partial charge in [0.1, 0.15) is 17.2 Å². The summed E-state index contributed by atoms with van der Waals surface area (Å²) < 4.78 is 20.9. The topological polar surface area (TPSA) is 85.5 Å².